The van der Waals surface area contributed by atoms with Crippen LogP contribution in [0.15, 0.2) is 47.3 Å². The summed E-state index contributed by atoms with van der Waals surface area (Å²) in [5, 5.41) is 1.05. The Morgan fingerprint density at radius 3 is 2.77 bits per heavy atom. The van der Waals surface area contributed by atoms with Crippen molar-refractivity contribution in [3.63, 3.8) is 0 Å². The van der Waals surface area contributed by atoms with E-state index in [2.05, 4.69) is 21.7 Å². The van der Waals surface area contributed by atoms with Crippen molar-refractivity contribution >= 4 is 21.9 Å². The largest absolute Gasteiger partial charge is 0.344 e. The summed E-state index contributed by atoms with van der Waals surface area (Å²) in [4.78, 5) is 20.5. The normalized spacial score (nSPS) is 11.5. The number of H-pyrrole nitrogens is 1. The number of nitrogens with one attached hydrogen (secondary N) is 1. The van der Waals surface area contributed by atoms with E-state index in [4.69, 9.17) is 10.7 Å². The van der Waals surface area contributed by atoms with Crippen LogP contribution in [0.4, 0.5) is 0 Å². The lowest BCUT2D eigenvalue weighted by molar-refractivity contribution is 0.657. The summed E-state index contributed by atoms with van der Waals surface area (Å²) in [7, 11) is 0. The Balaban J connectivity index is 2.03. The molecule has 0 saturated carbocycles. The fourth-order valence-corrected chi connectivity index (χ4v) is 3.63. The van der Waals surface area contributed by atoms with Gasteiger partial charge in [-0.15, -0.1) is 0 Å². The number of benzene rings is 2. The summed E-state index contributed by atoms with van der Waals surface area (Å²) in [6.07, 6.45) is 0.889. The molecular formula is C21H22N4O. The van der Waals surface area contributed by atoms with E-state index >= 15 is 0 Å². The topological polar surface area (TPSA) is 76.7 Å². The Hall–Kier alpha value is -2.92. The molecule has 2 heterocycles. The summed E-state index contributed by atoms with van der Waals surface area (Å²) < 4.78 is 2.24. The number of aryl methyl sites for hydroxylation is 2. The molecule has 0 unspecified atom stereocenters. The van der Waals surface area contributed by atoms with Gasteiger partial charge >= 0.3 is 0 Å². The standard InChI is InChI=1S/C21H22N4O/c1-13-8-9-16-17(12-13)23-20(21(26)24-16)19-14(2)25(11-5-10-22)18-7-4-3-6-15(18)19/h3-4,6-9,12H,5,10-11,22H2,1-2H3,(H,24,26). The van der Waals surface area contributed by atoms with Crippen molar-refractivity contribution in [2.75, 3.05) is 6.54 Å². The molecule has 0 saturated heterocycles. The second kappa shape index (κ2) is 6.42. The number of hydrogen-bond donors (Lipinski definition) is 2. The summed E-state index contributed by atoms with van der Waals surface area (Å²) in [5.41, 5.74) is 11.8. The van der Waals surface area contributed by atoms with Crippen LogP contribution in [0.3, 0.4) is 0 Å². The molecule has 0 fully saturated rings. The zero-order valence-corrected chi connectivity index (χ0v) is 15.0. The second-order valence-corrected chi connectivity index (χ2v) is 6.71. The number of fused-ring (bicyclic) bond motifs is 2. The van der Waals surface area contributed by atoms with Crippen LogP contribution in [-0.4, -0.2) is 21.1 Å². The maximum Gasteiger partial charge on any atom is 0.275 e. The van der Waals surface area contributed by atoms with E-state index in [-0.39, 0.29) is 5.56 Å². The van der Waals surface area contributed by atoms with Gasteiger partial charge < -0.3 is 15.3 Å². The van der Waals surface area contributed by atoms with E-state index in [1.165, 1.54) is 0 Å². The van der Waals surface area contributed by atoms with Crippen molar-refractivity contribution in [3.8, 4) is 11.3 Å². The monoisotopic (exact) mass is 346 g/mol. The highest BCUT2D eigenvalue weighted by atomic mass is 16.1. The Morgan fingerprint density at radius 1 is 1.15 bits per heavy atom. The highest BCUT2D eigenvalue weighted by molar-refractivity contribution is 5.97. The van der Waals surface area contributed by atoms with Gasteiger partial charge in [-0.2, -0.15) is 0 Å². The first-order valence-corrected chi connectivity index (χ1v) is 8.89. The molecule has 0 spiro atoms. The fourth-order valence-electron chi connectivity index (χ4n) is 3.63. The molecule has 5 nitrogen and oxygen atoms in total. The molecule has 26 heavy (non-hydrogen) atoms. The molecule has 132 valence electrons. The van der Waals surface area contributed by atoms with Gasteiger partial charge in [-0.25, -0.2) is 4.98 Å². The molecule has 2 aromatic carbocycles. The Kier molecular flexibility index (Phi) is 4.09. The van der Waals surface area contributed by atoms with Crippen LogP contribution in [0.1, 0.15) is 17.7 Å². The average molecular weight is 346 g/mol. The van der Waals surface area contributed by atoms with Crippen molar-refractivity contribution in [2.45, 2.75) is 26.8 Å². The lowest BCUT2D eigenvalue weighted by Gasteiger charge is -2.08. The lowest BCUT2D eigenvalue weighted by atomic mass is 10.1. The van der Waals surface area contributed by atoms with E-state index < -0.39 is 0 Å². The molecule has 0 atom stereocenters. The smallest absolute Gasteiger partial charge is 0.275 e. The quantitative estimate of drug-likeness (QED) is 0.594. The van der Waals surface area contributed by atoms with Crippen molar-refractivity contribution in [1.29, 1.82) is 0 Å². The summed E-state index contributed by atoms with van der Waals surface area (Å²) in [6.45, 7) is 5.53. The van der Waals surface area contributed by atoms with Gasteiger partial charge in [-0.1, -0.05) is 24.3 Å². The van der Waals surface area contributed by atoms with Gasteiger partial charge in [0.05, 0.1) is 11.0 Å². The van der Waals surface area contributed by atoms with Crippen LogP contribution in [-0.2, 0) is 6.54 Å². The van der Waals surface area contributed by atoms with Gasteiger partial charge in [-0.05, 0) is 50.6 Å². The predicted molar refractivity (Wildman–Crippen MR) is 106 cm³/mol. The highest BCUT2D eigenvalue weighted by Crippen LogP contribution is 2.32. The number of hydrogen-bond acceptors (Lipinski definition) is 3. The molecule has 0 radical (unpaired) electrons. The summed E-state index contributed by atoms with van der Waals surface area (Å²) >= 11 is 0. The Labute approximate surface area is 151 Å². The molecule has 0 aliphatic carbocycles. The molecule has 4 rings (SSSR count). The molecular weight excluding hydrogens is 324 g/mol. The van der Waals surface area contributed by atoms with E-state index in [9.17, 15) is 4.79 Å². The SMILES string of the molecule is Cc1ccc2[nH]c(=O)c(-c3c(C)n(CCCN)c4ccccc34)nc2c1. The third-order valence-corrected chi connectivity index (χ3v) is 4.90. The van der Waals surface area contributed by atoms with Crippen LogP contribution in [0.5, 0.6) is 0 Å². The van der Waals surface area contributed by atoms with E-state index in [0.29, 0.717) is 12.2 Å². The van der Waals surface area contributed by atoms with E-state index in [1.807, 2.05) is 44.2 Å². The summed E-state index contributed by atoms with van der Waals surface area (Å²) in [5.74, 6) is 0. The van der Waals surface area contributed by atoms with Gasteiger partial charge in [-0.3, -0.25) is 4.79 Å². The van der Waals surface area contributed by atoms with Crippen molar-refractivity contribution < 1.29 is 0 Å². The number of rotatable bonds is 4. The average Bonchev–Trinajstić information content (AvgIpc) is 2.91. The Morgan fingerprint density at radius 2 is 1.96 bits per heavy atom. The minimum atomic E-state index is -0.161. The van der Waals surface area contributed by atoms with Crippen LogP contribution in [0.2, 0.25) is 0 Å². The lowest BCUT2D eigenvalue weighted by Crippen LogP contribution is -2.12. The van der Waals surface area contributed by atoms with Crippen LogP contribution >= 0.6 is 0 Å². The van der Waals surface area contributed by atoms with Crippen LogP contribution < -0.4 is 11.3 Å². The molecule has 2 aromatic heterocycles. The molecule has 0 bridgehead atoms. The Bertz CT molecular complexity index is 1170. The number of nitrogens with zero attached hydrogens (tertiary/aromatic N) is 2. The molecule has 0 amide bonds. The maximum absolute atomic E-state index is 12.8. The van der Waals surface area contributed by atoms with Gasteiger partial charge in [0.25, 0.3) is 5.56 Å². The number of nitrogens with two attached hydrogens (primary N) is 1. The number of para-hydroxylation sites is 1. The highest BCUT2D eigenvalue weighted by Gasteiger charge is 2.19. The zero-order chi connectivity index (χ0) is 18.3. The predicted octanol–water partition coefficient (Wildman–Crippen LogP) is 3.51. The minimum absolute atomic E-state index is 0.161. The van der Waals surface area contributed by atoms with E-state index in [1.54, 1.807) is 0 Å². The van der Waals surface area contributed by atoms with Crippen LogP contribution in [0.25, 0.3) is 33.2 Å². The third-order valence-electron chi connectivity index (χ3n) is 4.90. The minimum Gasteiger partial charge on any atom is -0.344 e. The van der Waals surface area contributed by atoms with Gasteiger partial charge in [0.1, 0.15) is 5.69 Å². The van der Waals surface area contributed by atoms with Gasteiger partial charge in [0.2, 0.25) is 0 Å². The van der Waals surface area contributed by atoms with Crippen molar-refractivity contribution in [3.05, 3.63) is 64.1 Å². The van der Waals surface area contributed by atoms with Gasteiger partial charge in [0, 0.05) is 28.7 Å². The fraction of sp³-hybridized carbons (Fsp3) is 0.238. The molecule has 4 aromatic rings. The van der Waals surface area contributed by atoms with Gasteiger partial charge in [0.15, 0.2) is 0 Å². The number of aromatic nitrogens is 3. The zero-order valence-electron chi connectivity index (χ0n) is 15.0. The third kappa shape index (κ3) is 2.61. The first kappa shape index (κ1) is 16.5. The van der Waals surface area contributed by atoms with Crippen LogP contribution in [0, 0.1) is 13.8 Å². The molecule has 0 aliphatic heterocycles. The molecule has 5 heteroatoms. The second-order valence-electron chi connectivity index (χ2n) is 6.71. The van der Waals surface area contributed by atoms with E-state index in [0.717, 1.165) is 51.7 Å². The molecule has 3 N–H and O–H groups in total. The maximum atomic E-state index is 12.8. The first-order chi connectivity index (χ1) is 12.6. The number of aromatic amines is 1. The summed E-state index contributed by atoms with van der Waals surface area (Å²) in [6, 6.07) is 14.0. The molecule has 0 aliphatic rings. The van der Waals surface area contributed by atoms with Crippen molar-refractivity contribution in [1.82, 2.24) is 14.5 Å². The first-order valence-electron chi connectivity index (χ1n) is 8.89. The van der Waals surface area contributed by atoms with Crippen molar-refractivity contribution in [2.24, 2.45) is 5.73 Å².